The minimum atomic E-state index is -0.748. The predicted molar refractivity (Wildman–Crippen MR) is 95.2 cm³/mol. The molecule has 0 spiro atoms. The SMILES string of the molecule is O=C(CCC1NC(=O)N(Cc2ccco2)C1=O)NC(CO)c1ccccc1. The van der Waals surface area contributed by atoms with Crippen LogP contribution in [0.15, 0.2) is 53.1 Å². The van der Waals surface area contributed by atoms with Crippen LogP contribution in [-0.4, -0.2) is 40.5 Å². The van der Waals surface area contributed by atoms with Crippen molar-refractivity contribution in [3.63, 3.8) is 0 Å². The van der Waals surface area contributed by atoms with E-state index in [4.69, 9.17) is 4.42 Å². The number of rotatable bonds is 8. The maximum atomic E-state index is 12.4. The molecule has 8 heteroatoms. The largest absolute Gasteiger partial charge is 0.467 e. The van der Waals surface area contributed by atoms with Crippen molar-refractivity contribution in [2.24, 2.45) is 0 Å². The second kappa shape index (κ2) is 8.50. The molecule has 1 fully saturated rings. The average molecular weight is 371 g/mol. The number of hydrogen-bond acceptors (Lipinski definition) is 5. The number of carbonyl (C=O) groups is 3. The number of amides is 4. The second-order valence-electron chi connectivity index (χ2n) is 6.26. The van der Waals surface area contributed by atoms with E-state index in [9.17, 15) is 19.5 Å². The highest BCUT2D eigenvalue weighted by Gasteiger charge is 2.38. The molecule has 2 unspecified atom stereocenters. The highest BCUT2D eigenvalue weighted by molar-refractivity contribution is 6.04. The highest BCUT2D eigenvalue weighted by atomic mass is 16.3. The van der Waals surface area contributed by atoms with Gasteiger partial charge < -0.3 is 20.2 Å². The van der Waals surface area contributed by atoms with Crippen LogP contribution in [0.2, 0.25) is 0 Å². The summed E-state index contributed by atoms with van der Waals surface area (Å²) < 4.78 is 5.16. The number of carbonyl (C=O) groups excluding carboxylic acids is 3. The number of urea groups is 1. The van der Waals surface area contributed by atoms with Crippen LogP contribution in [0.5, 0.6) is 0 Å². The van der Waals surface area contributed by atoms with Crippen LogP contribution < -0.4 is 10.6 Å². The molecule has 0 saturated carbocycles. The number of hydrogen-bond donors (Lipinski definition) is 3. The van der Waals surface area contributed by atoms with Crippen molar-refractivity contribution in [1.82, 2.24) is 15.5 Å². The van der Waals surface area contributed by atoms with Gasteiger partial charge in [0.15, 0.2) is 0 Å². The molecule has 3 rings (SSSR count). The minimum Gasteiger partial charge on any atom is -0.467 e. The van der Waals surface area contributed by atoms with Crippen LogP contribution >= 0.6 is 0 Å². The summed E-state index contributed by atoms with van der Waals surface area (Å²) in [4.78, 5) is 37.6. The lowest BCUT2D eigenvalue weighted by Crippen LogP contribution is -2.34. The number of aliphatic hydroxyl groups excluding tert-OH is 1. The molecule has 142 valence electrons. The summed E-state index contributed by atoms with van der Waals surface area (Å²) in [5.41, 5.74) is 0.795. The van der Waals surface area contributed by atoms with Crippen molar-refractivity contribution < 1.29 is 23.9 Å². The Bertz CT molecular complexity index is 791. The first-order chi connectivity index (χ1) is 13.1. The van der Waals surface area contributed by atoms with Crippen LogP contribution in [0.3, 0.4) is 0 Å². The summed E-state index contributed by atoms with van der Waals surface area (Å²) in [7, 11) is 0. The monoisotopic (exact) mass is 371 g/mol. The molecule has 1 aliphatic heterocycles. The molecule has 2 atom stereocenters. The van der Waals surface area contributed by atoms with Gasteiger partial charge in [0.25, 0.3) is 5.91 Å². The maximum Gasteiger partial charge on any atom is 0.325 e. The normalized spacial score (nSPS) is 17.7. The molecule has 1 saturated heterocycles. The average Bonchev–Trinajstić information content (AvgIpc) is 3.29. The van der Waals surface area contributed by atoms with Gasteiger partial charge in [-0.25, -0.2) is 4.79 Å². The van der Waals surface area contributed by atoms with Crippen LogP contribution in [0, 0.1) is 0 Å². The lowest BCUT2D eigenvalue weighted by Gasteiger charge is -2.17. The molecule has 0 bridgehead atoms. The van der Waals surface area contributed by atoms with Gasteiger partial charge in [0.05, 0.1) is 25.5 Å². The Morgan fingerprint density at radius 2 is 2.00 bits per heavy atom. The summed E-state index contributed by atoms with van der Waals surface area (Å²) in [6.45, 7) is -0.174. The van der Waals surface area contributed by atoms with Gasteiger partial charge in [0, 0.05) is 6.42 Å². The zero-order chi connectivity index (χ0) is 19.2. The third-order valence-electron chi connectivity index (χ3n) is 4.38. The summed E-state index contributed by atoms with van der Waals surface area (Å²) in [6, 6.07) is 10.7. The van der Waals surface area contributed by atoms with Gasteiger partial charge in [0.2, 0.25) is 5.91 Å². The topological polar surface area (TPSA) is 112 Å². The van der Waals surface area contributed by atoms with Gasteiger partial charge in [-0.05, 0) is 24.1 Å². The number of nitrogens with one attached hydrogen (secondary N) is 2. The molecule has 1 aromatic heterocycles. The van der Waals surface area contributed by atoms with E-state index >= 15 is 0 Å². The standard InChI is InChI=1S/C19H21N3O5/c23-12-16(13-5-2-1-3-6-13)20-17(24)9-8-15-18(25)22(19(26)21-15)11-14-7-4-10-27-14/h1-7,10,15-16,23H,8-9,11-12H2,(H,20,24)(H,21,26). The number of imide groups is 1. The van der Waals surface area contributed by atoms with E-state index < -0.39 is 18.1 Å². The van der Waals surface area contributed by atoms with E-state index in [1.165, 1.54) is 6.26 Å². The van der Waals surface area contributed by atoms with Crippen molar-refractivity contribution in [2.45, 2.75) is 31.5 Å². The first kappa shape index (κ1) is 18.7. The molecule has 27 heavy (non-hydrogen) atoms. The fraction of sp³-hybridized carbons (Fsp3) is 0.316. The van der Waals surface area contributed by atoms with E-state index in [0.29, 0.717) is 5.76 Å². The molecule has 2 aromatic rings. The third kappa shape index (κ3) is 4.53. The molecule has 2 heterocycles. The lowest BCUT2D eigenvalue weighted by atomic mass is 10.1. The Morgan fingerprint density at radius 1 is 1.22 bits per heavy atom. The van der Waals surface area contributed by atoms with Gasteiger partial charge in [0.1, 0.15) is 11.8 Å². The van der Waals surface area contributed by atoms with Crippen molar-refractivity contribution in [3.8, 4) is 0 Å². The van der Waals surface area contributed by atoms with Gasteiger partial charge in [-0.15, -0.1) is 0 Å². The predicted octanol–water partition coefficient (Wildman–Crippen LogP) is 1.33. The van der Waals surface area contributed by atoms with Gasteiger partial charge in [-0.3, -0.25) is 14.5 Å². The smallest absolute Gasteiger partial charge is 0.325 e. The van der Waals surface area contributed by atoms with Crippen molar-refractivity contribution in [1.29, 1.82) is 0 Å². The zero-order valence-corrected chi connectivity index (χ0v) is 14.6. The molecule has 1 aromatic carbocycles. The lowest BCUT2D eigenvalue weighted by molar-refractivity contribution is -0.128. The first-order valence-corrected chi connectivity index (χ1v) is 8.68. The second-order valence-corrected chi connectivity index (χ2v) is 6.26. The van der Waals surface area contributed by atoms with Crippen LogP contribution in [0.25, 0.3) is 0 Å². The first-order valence-electron chi connectivity index (χ1n) is 8.68. The van der Waals surface area contributed by atoms with Crippen LogP contribution in [-0.2, 0) is 16.1 Å². The number of aliphatic hydroxyl groups is 1. The van der Waals surface area contributed by atoms with Gasteiger partial charge >= 0.3 is 6.03 Å². The third-order valence-corrected chi connectivity index (χ3v) is 4.38. The Labute approximate surface area is 156 Å². The van der Waals surface area contributed by atoms with Crippen LogP contribution in [0.4, 0.5) is 4.79 Å². The Kier molecular flexibility index (Phi) is 5.87. The summed E-state index contributed by atoms with van der Waals surface area (Å²) in [6.07, 6.45) is 1.70. The molecule has 1 aliphatic rings. The zero-order valence-electron chi connectivity index (χ0n) is 14.6. The molecule has 0 aliphatic carbocycles. The summed E-state index contributed by atoms with van der Waals surface area (Å²) in [5, 5.41) is 14.8. The molecule has 3 N–H and O–H groups in total. The number of benzene rings is 1. The highest BCUT2D eigenvalue weighted by Crippen LogP contribution is 2.16. The molecule has 4 amide bonds. The van der Waals surface area contributed by atoms with Gasteiger partial charge in [-0.2, -0.15) is 0 Å². The van der Waals surface area contributed by atoms with E-state index in [1.807, 2.05) is 30.3 Å². The maximum absolute atomic E-state index is 12.4. The Balaban J connectivity index is 1.51. The van der Waals surface area contributed by atoms with E-state index in [0.717, 1.165) is 10.5 Å². The Morgan fingerprint density at radius 3 is 2.67 bits per heavy atom. The summed E-state index contributed by atoms with van der Waals surface area (Å²) in [5.74, 6) is -0.180. The van der Waals surface area contributed by atoms with Crippen LogP contribution in [0.1, 0.15) is 30.2 Å². The van der Waals surface area contributed by atoms with E-state index in [2.05, 4.69) is 10.6 Å². The summed E-state index contributed by atoms with van der Waals surface area (Å²) >= 11 is 0. The molecular formula is C19H21N3O5. The fourth-order valence-corrected chi connectivity index (χ4v) is 2.94. The number of furan rings is 1. The van der Waals surface area contributed by atoms with Gasteiger partial charge in [-0.1, -0.05) is 30.3 Å². The molecular weight excluding hydrogens is 350 g/mol. The fourth-order valence-electron chi connectivity index (χ4n) is 2.94. The Hall–Kier alpha value is -3.13. The van der Waals surface area contributed by atoms with Crippen molar-refractivity contribution in [3.05, 3.63) is 60.1 Å². The molecule has 8 nitrogen and oxygen atoms in total. The van der Waals surface area contributed by atoms with E-state index in [-0.39, 0.29) is 37.8 Å². The quantitative estimate of drug-likeness (QED) is 0.606. The molecule has 0 radical (unpaired) electrons. The number of nitrogens with zero attached hydrogens (tertiary/aromatic N) is 1. The van der Waals surface area contributed by atoms with E-state index in [1.54, 1.807) is 12.1 Å². The van der Waals surface area contributed by atoms with Crippen molar-refractivity contribution in [2.75, 3.05) is 6.61 Å². The minimum absolute atomic E-state index is 0.0502. The van der Waals surface area contributed by atoms with Crippen molar-refractivity contribution >= 4 is 17.8 Å².